The van der Waals surface area contributed by atoms with Crippen LogP contribution in [0.5, 0.6) is 0 Å². The van der Waals surface area contributed by atoms with Crippen molar-refractivity contribution in [3.05, 3.63) is 5.32 Å². The van der Waals surface area contributed by atoms with Gasteiger partial charge in [0.2, 0.25) is 0 Å². The van der Waals surface area contributed by atoms with Crippen molar-refractivity contribution in [2.45, 2.75) is 25.8 Å². The van der Waals surface area contributed by atoms with Crippen LogP contribution < -0.4 is 51.4 Å². The van der Waals surface area contributed by atoms with E-state index in [1.807, 2.05) is 0 Å². The van der Waals surface area contributed by atoms with Crippen LogP contribution in [0.2, 0.25) is 0 Å². The molecule has 0 bridgehead atoms. The van der Waals surface area contributed by atoms with Crippen LogP contribution in [-0.4, -0.2) is 12.6 Å². The summed E-state index contributed by atoms with van der Waals surface area (Å²) in [6, 6.07) is 0.671. The first-order chi connectivity index (χ1) is 2.89. The van der Waals surface area contributed by atoms with E-state index in [0.717, 1.165) is 6.54 Å². The van der Waals surface area contributed by atoms with Gasteiger partial charge in [-0.3, -0.25) is 0 Å². The third-order valence-corrected chi connectivity index (χ3v) is 1.22. The van der Waals surface area contributed by atoms with Crippen molar-refractivity contribution in [1.82, 2.24) is 0 Å². The van der Waals surface area contributed by atoms with Gasteiger partial charge in [0, 0.05) is 0 Å². The summed E-state index contributed by atoms with van der Waals surface area (Å²) in [6.45, 7) is 3.29. The van der Waals surface area contributed by atoms with Gasteiger partial charge in [-0.05, 0) is 0 Å². The topological polar surface area (TPSA) is 14.1 Å². The van der Waals surface area contributed by atoms with Crippen molar-refractivity contribution in [3.63, 3.8) is 0 Å². The number of nitrogens with zero attached hydrogens (tertiary/aromatic N) is 1. The van der Waals surface area contributed by atoms with E-state index in [9.17, 15) is 0 Å². The van der Waals surface area contributed by atoms with Crippen LogP contribution in [0, 0.1) is 0 Å². The minimum Gasteiger partial charge on any atom is -0.660 e. The normalized spacial score (nSPS) is 29.6. The fourth-order valence-electron chi connectivity index (χ4n) is 0.790. The second-order valence-corrected chi connectivity index (χ2v) is 1.90. The summed E-state index contributed by atoms with van der Waals surface area (Å²) >= 11 is 0. The van der Waals surface area contributed by atoms with Gasteiger partial charge in [-0.25, -0.2) is 0 Å². The molecule has 0 aromatic heterocycles. The Morgan fingerprint density at radius 1 is 1.57 bits per heavy atom. The van der Waals surface area contributed by atoms with E-state index < -0.39 is 0 Å². The monoisotopic (exact) mass is 123 g/mol. The molecular weight excluding hydrogens is 113 g/mol. The van der Waals surface area contributed by atoms with Gasteiger partial charge >= 0.3 is 51.4 Å². The molecule has 0 unspecified atom stereocenters. The Bertz CT molecular complexity index is 41.3. The Hall–Kier alpha value is 1.60. The minimum absolute atomic E-state index is 0. The van der Waals surface area contributed by atoms with Crippen LogP contribution in [0.15, 0.2) is 0 Å². The molecule has 0 aromatic carbocycles. The van der Waals surface area contributed by atoms with E-state index in [-0.39, 0.29) is 51.4 Å². The predicted octanol–water partition coefficient (Wildman–Crippen LogP) is -1.45. The summed E-state index contributed by atoms with van der Waals surface area (Å²) < 4.78 is 0. The Morgan fingerprint density at radius 3 is 2.43 bits per heavy atom. The van der Waals surface area contributed by atoms with Crippen LogP contribution >= 0.6 is 0 Å². The van der Waals surface area contributed by atoms with Gasteiger partial charge in [0.15, 0.2) is 0 Å². The zero-order chi connectivity index (χ0) is 4.41. The summed E-state index contributed by atoms with van der Waals surface area (Å²) in [6.07, 6.45) is 2.64. The van der Waals surface area contributed by atoms with Crippen molar-refractivity contribution in [3.8, 4) is 0 Å². The Labute approximate surface area is 87.7 Å². The maximum absolute atomic E-state index is 4.24. The summed E-state index contributed by atoms with van der Waals surface area (Å²) in [7, 11) is 0. The van der Waals surface area contributed by atoms with Gasteiger partial charge in [-0.15, -0.1) is 12.6 Å². The molecule has 1 aliphatic rings. The fourth-order valence-corrected chi connectivity index (χ4v) is 0.790. The fraction of sp³-hybridized carbons (Fsp3) is 1.00. The molecule has 0 saturated carbocycles. The molecule has 0 aromatic rings. The summed E-state index contributed by atoms with van der Waals surface area (Å²) in [4.78, 5) is 0. The van der Waals surface area contributed by atoms with Crippen LogP contribution in [0.3, 0.4) is 0 Å². The maximum atomic E-state index is 4.24. The van der Waals surface area contributed by atoms with Crippen molar-refractivity contribution in [1.29, 1.82) is 0 Å². The molecule has 0 N–H and O–H groups in total. The van der Waals surface area contributed by atoms with Gasteiger partial charge in [-0.1, -0.05) is 19.8 Å². The van der Waals surface area contributed by atoms with E-state index in [1.165, 1.54) is 12.8 Å². The molecule has 1 saturated heterocycles. The Morgan fingerprint density at radius 2 is 2.29 bits per heavy atom. The van der Waals surface area contributed by atoms with E-state index in [1.54, 1.807) is 0 Å². The van der Waals surface area contributed by atoms with E-state index >= 15 is 0 Å². The van der Waals surface area contributed by atoms with E-state index in [4.69, 9.17) is 0 Å². The molecule has 1 heterocycles. The van der Waals surface area contributed by atoms with Gasteiger partial charge in [0.05, 0.1) is 0 Å². The third-order valence-electron chi connectivity index (χ3n) is 1.22. The van der Waals surface area contributed by atoms with Gasteiger partial charge < -0.3 is 5.32 Å². The van der Waals surface area contributed by atoms with Crippen LogP contribution in [-0.2, 0) is 0 Å². The molecule has 36 valence electrons. The van der Waals surface area contributed by atoms with Gasteiger partial charge in [0.1, 0.15) is 0 Å². The number of rotatable bonds is 0. The smallest absolute Gasteiger partial charge is 0.660 e. The first kappa shape index (κ1) is 8.60. The molecule has 1 aliphatic heterocycles. The second kappa shape index (κ2) is 4.47. The van der Waals surface area contributed by atoms with Crippen LogP contribution in [0.4, 0.5) is 0 Å². The predicted molar refractivity (Wildman–Crippen MR) is 26.9 cm³/mol. The van der Waals surface area contributed by atoms with Crippen LogP contribution in [0.25, 0.3) is 5.32 Å². The molecule has 1 atom stereocenters. The molecule has 0 aliphatic carbocycles. The molecule has 0 radical (unpaired) electrons. The second-order valence-electron chi connectivity index (χ2n) is 1.90. The van der Waals surface area contributed by atoms with Crippen LogP contribution in [0.1, 0.15) is 19.8 Å². The third kappa shape index (κ3) is 3.22. The first-order valence-electron chi connectivity index (χ1n) is 2.56. The van der Waals surface area contributed by atoms with Crippen molar-refractivity contribution in [2.24, 2.45) is 0 Å². The summed E-state index contributed by atoms with van der Waals surface area (Å²) in [5.74, 6) is 0. The standard InChI is InChI=1S/C5H10N.K/c1-5-3-2-4-6-5;/h5H,2-4H2,1H3;/q-1;+1/t5-;/m1./s1. The maximum Gasteiger partial charge on any atom is 1.00 e. The van der Waals surface area contributed by atoms with Crippen molar-refractivity contribution in [2.75, 3.05) is 6.54 Å². The quantitative estimate of drug-likeness (QED) is 0.350. The van der Waals surface area contributed by atoms with Gasteiger partial charge in [-0.2, -0.15) is 0 Å². The molecular formula is C5H10KN. The Balaban J connectivity index is 0.000000360. The summed E-state index contributed by atoms with van der Waals surface area (Å²) in [5, 5.41) is 4.24. The zero-order valence-electron chi connectivity index (χ0n) is 5.15. The summed E-state index contributed by atoms with van der Waals surface area (Å²) in [5.41, 5.74) is 0. The first-order valence-corrected chi connectivity index (χ1v) is 2.56. The number of hydrogen-bond donors (Lipinski definition) is 0. The molecule has 1 rings (SSSR count). The SMILES string of the molecule is C[C@@H]1CCC[N-]1.[K+]. The molecule has 2 heteroatoms. The minimum atomic E-state index is 0. The largest absolute Gasteiger partial charge is 1.00 e. The average molecular weight is 123 g/mol. The molecule has 0 amide bonds. The molecule has 1 fully saturated rings. The van der Waals surface area contributed by atoms with E-state index in [2.05, 4.69) is 12.2 Å². The van der Waals surface area contributed by atoms with Crippen molar-refractivity contribution >= 4 is 0 Å². The number of hydrogen-bond acceptors (Lipinski definition) is 0. The molecule has 0 spiro atoms. The Kier molecular flexibility index (Phi) is 5.49. The van der Waals surface area contributed by atoms with E-state index in [0.29, 0.717) is 6.04 Å². The molecule has 1 nitrogen and oxygen atoms in total. The van der Waals surface area contributed by atoms with Gasteiger partial charge in [0.25, 0.3) is 0 Å². The zero-order valence-corrected chi connectivity index (χ0v) is 8.27. The molecule has 7 heavy (non-hydrogen) atoms. The average Bonchev–Trinajstić information content (AvgIpc) is 1.86. The van der Waals surface area contributed by atoms with Crippen molar-refractivity contribution < 1.29 is 51.4 Å².